The van der Waals surface area contributed by atoms with Crippen LogP contribution >= 0.6 is 0 Å². The number of benzene rings is 2. The Labute approximate surface area is 223 Å². The molecule has 0 unspecified atom stereocenters. The van der Waals surface area contributed by atoms with Crippen LogP contribution in [0.15, 0.2) is 53.3 Å². The van der Waals surface area contributed by atoms with Gasteiger partial charge in [-0.1, -0.05) is 26.0 Å². The quantitative estimate of drug-likeness (QED) is 0.275. The molecule has 0 saturated carbocycles. The summed E-state index contributed by atoms with van der Waals surface area (Å²) in [5.74, 6) is 2.38. The number of ether oxygens (including phenoxy) is 2. The largest absolute Gasteiger partial charge is 0.497 e. The lowest BCUT2D eigenvalue weighted by Crippen LogP contribution is -2.36. The highest BCUT2D eigenvalue weighted by Gasteiger charge is 2.31. The molecule has 0 aliphatic heterocycles. The van der Waals surface area contributed by atoms with Gasteiger partial charge in [-0.15, -0.1) is 5.10 Å². The van der Waals surface area contributed by atoms with E-state index in [1.54, 1.807) is 7.11 Å². The minimum atomic E-state index is -0.242. The first-order valence-electron chi connectivity index (χ1n) is 13.2. The predicted molar refractivity (Wildman–Crippen MR) is 148 cm³/mol. The van der Waals surface area contributed by atoms with Gasteiger partial charge in [0, 0.05) is 29.6 Å². The zero-order chi connectivity index (χ0) is 27.3. The molecule has 0 spiro atoms. The SMILES string of the molecule is CCOc1ccc2[nH]c(=O)c(CN(Cc3ccc(OC)cc3)[C@@H](CC)c3nnnn3C(C)(C)CC)cc2c1. The van der Waals surface area contributed by atoms with E-state index in [-0.39, 0.29) is 17.1 Å². The number of nitrogens with zero attached hydrogens (tertiary/aromatic N) is 5. The van der Waals surface area contributed by atoms with Crippen molar-refractivity contribution in [3.05, 3.63) is 75.8 Å². The molecule has 1 atom stereocenters. The second-order valence-corrected chi connectivity index (χ2v) is 10.1. The van der Waals surface area contributed by atoms with E-state index in [0.29, 0.717) is 25.3 Å². The van der Waals surface area contributed by atoms with E-state index in [2.05, 4.69) is 65.2 Å². The maximum atomic E-state index is 13.2. The van der Waals surface area contributed by atoms with Gasteiger partial charge < -0.3 is 14.5 Å². The van der Waals surface area contributed by atoms with Crippen LogP contribution in [-0.2, 0) is 18.6 Å². The topological polar surface area (TPSA) is 98.2 Å². The van der Waals surface area contributed by atoms with E-state index >= 15 is 0 Å². The van der Waals surface area contributed by atoms with Crippen molar-refractivity contribution >= 4 is 10.9 Å². The maximum absolute atomic E-state index is 13.2. The molecule has 0 radical (unpaired) electrons. The van der Waals surface area contributed by atoms with Gasteiger partial charge in [-0.25, -0.2) is 4.68 Å². The van der Waals surface area contributed by atoms with Crippen LogP contribution in [0.3, 0.4) is 0 Å². The van der Waals surface area contributed by atoms with E-state index < -0.39 is 0 Å². The second kappa shape index (κ2) is 11.8. The summed E-state index contributed by atoms with van der Waals surface area (Å²) in [4.78, 5) is 18.5. The summed E-state index contributed by atoms with van der Waals surface area (Å²) in [6.07, 6.45) is 1.66. The summed E-state index contributed by atoms with van der Waals surface area (Å²) in [5.41, 5.74) is 2.21. The number of nitrogens with one attached hydrogen (secondary N) is 1. The minimum absolute atomic E-state index is 0.107. The van der Waals surface area contributed by atoms with Crippen molar-refractivity contribution in [1.82, 2.24) is 30.1 Å². The molecule has 2 heterocycles. The Bertz CT molecular complexity index is 1410. The predicted octanol–water partition coefficient (Wildman–Crippen LogP) is 5.22. The van der Waals surface area contributed by atoms with Gasteiger partial charge in [-0.2, -0.15) is 0 Å². The summed E-state index contributed by atoms with van der Waals surface area (Å²) in [7, 11) is 1.66. The Morgan fingerprint density at radius 3 is 2.42 bits per heavy atom. The second-order valence-electron chi connectivity index (χ2n) is 10.1. The molecule has 9 nitrogen and oxygen atoms in total. The van der Waals surface area contributed by atoms with Crippen molar-refractivity contribution in [2.24, 2.45) is 0 Å². The molecular formula is C29H38N6O3. The summed E-state index contributed by atoms with van der Waals surface area (Å²) in [6, 6.07) is 15.6. The summed E-state index contributed by atoms with van der Waals surface area (Å²) >= 11 is 0. The number of hydrogen-bond acceptors (Lipinski definition) is 7. The number of aromatic nitrogens is 5. The van der Waals surface area contributed by atoms with Gasteiger partial charge in [0.15, 0.2) is 5.82 Å². The zero-order valence-corrected chi connectivity index (χ0v) is 23.2. The summed E-state index contributed by atoms with van der Waals surface area (Å²) in [6.45, 7) is 12.1. The van der Waals surface area contributed by atoms with Crippen LogP contribution in [0.5, 0.6) is 11.5 Å². The van der Waals surface area contributed by atoms with Crippen LogP contribution in [0.25, 0.3) is 10.9 Å². The van der Waals surface area contributed by atoms with Crippen LogP contribution in [0, 0.1) is 0 Å². The Morgan fingerprint density at radius 1 is 1.03 bits per heavy atom. The molecule has 2 aromatic heterocycles. The molecule has 0 aliphatic carbocycles. The average molecular weight is 519 g/mol. The van der Waals surface area contributed by atoms with E-state index in [0.717, 1.165) is 46.6 Å². The van der Waals surface area contributed by atoms with Crippen LogP contribution < -0.4 is 15.0 Å². The van der Waals surface area contributed by atoms with Crippen LogP contribution in [0.1, 0.15) is 70.5 Å². The van der Waals surface area contributed by atoms with Gasteiger partial charge in [0.25, 0.3) is 5.56 Å². The molecule has 0 saturated heterocycles. The van der Waals surface area contributed by atoms with Gasteiger partial charge in [0.1, 0.15) is 11.5 Å². The number of aromatic amines is 1. The average Bonchev–Trinajstić information content (AvgIpc) is 3.41. The summed E-state index contributed by atoms with van der Waals surface area (Å²) < 4.78 is 13.0. The van der Waals surface area contributed by atoms with E-state index in [1.807, 2.05) is 48.0 Å². The summed E-state index contributed by atoms with van der Waals surface area (Å²) in [5, 5.41) is 13.8. The number of rotatable bonds is 12. The highest BCUT2D eigenvalue weighted by molar-refractivity contribution is 5.80. The fourth-order valence-corrected chi connectivity index (χ4v) is 4.65. The minimum Gasteiger partial charge on any atom is -0.497 e. The number of methoxy groups -OCH3 is 1. The molecule has 0 bridgehead atoms. The third-order valence-electron chi connectivity index (χ3n) is 7.18. The van der Waals surface area contributed by atoms with Crippen molar-refractivity contribution in [2.75, 3.05) is 13.7 Å². The first-order valence-corrected chi connectivity index (χ1v) is 13.2. The lowest BCUT2D eigenvalue weighted by atomic mass is 10.0. The van der Waals surface area contributed by atoms with Crippen molar-refractivity contribution < 1.29 is 9.47 Å². The van der Waals surface area contributed by atoms with Crippen LogP contribution in [-0.4, -0.2) is 43.8 Å². The highest BCUT2D eigenvalue weighted by Crippen LogP contribution is 2.30. The Morgan fingerprint density at radius 2 is 1.76 bits per heavy atom. The number of H-pyrrole nitrogens is 1. The fourth-order valence-electron chi connectivity index (χ4n) is 4.65. The van der Waals surface area contributed by atoms with Crippen molar-refractivity contribution in [1.29, 1.82) is 0 Å². The van der Waals surface area contributed by atoms with Crippen LogP contribution in [0.4, 0.5) is 0 Å². The molecule has 0 aliphatic rings. The van der Waals surface area contributed by atoms with Crippen molar-refractivity contribution in [2.45, 2.75) is 72.1 Å². The molecule has 202 valence electrons. The zero-order valence-electron chi connectivity index (χ0n) is 23.2. The smallest absolute Gasteiger partial charge is 0.252 e. The fraction of sp³-hybridized carbons (Fsp3) is 0.448. The van der Waals surface area contributed by atoms with Crippen molar-refractivity contribution in [3.8, 4) is 11.5 Å². The first-order chi connectivity index (χ1) is 18.3. The Balaban J connectivity index is 1.76. The molecular weight excluding hydrogens is 480 g/mol. The van der Waals surface area contributed by atoms with Gasteiger partial charge in [0.05, 0.1) is 25.3 Å². The first kappa shape index (κ1) is 27.3. The Kier molecular flexibility index (Phi) is 8.46. The molecule has 38 heavy (non-hydrogen) atoms. The van der Waals surface area contributed by atoms with Crippen molar-refractivity contribution in [3.63, 3.8) is 0 Å². The van der Waals surface area contributed by atoms with Gasteiger partial charge in [-0.3, -0.25) is 9.69 Å². The number of hydrogen-bond donors (Lipinski definition) is 1. The third-order valence-corrected chi connectivity index (χ3v) is 7.18. The third kappa shape index (κ3) is 5.88. The van der Waals surface area contributed by atoms with Gasteiger partial charge in [0.2, 0.25) is 0 Å². The molecule has 9 heteroatoms. The number of pyridine rings is 1. The molecule has 0 fully saturated rings. The van der Waals surface area contributed by atoms with E-state index in [9.17, 15) is 4.79 Å². The van der Waals surface area contributed by atoms with E-state index in [4.69, 9.17) is 9.47 Å². The van der Waals surface area contributed by atoms with E-state index in [1.165, 1.54) is 0 Å². The molecule has 1 N–H and O–H groups in total. The maximum Gasteiger partial charge on any atom is 0.252 e. The number of fused-ring (bicyclic) bond motifs is 1. The number of tetrazole rings is 1. The van der Waals surface area contributed by atoms with Crippen LogP contribution in [0.2, 0.25) is 0 Å². The standard InChI is InChI=1S/C29H38N6O3/c1-7-26(27-31-32-33-35(27)29(4,5)8-2)34(18-20-10-12-23(37-6)13-11-20)19-22-16-21-17-24(38-9-3)14-15-25(21)30-28(22)36/h10-17,26H,7-9,18-19H2,1-6H3,(H,30,36)/t26-/m0/s1. The Hall–Kier alpha value is -3.72. The monoisotopic (exact) mass is 518 g/mol. The molecule has 2 aromatic carbocycles. The normalized spacial score (nSPS) is 12.7. The lowest BCUT2D eigenvalue weighted by molar-refractivity contribution is 0.150. The molecule has 4 rings (SSSR count). The molecule has 4 aromatic rings. The molecule has 0 amide bonds. The lowest BCUT2D eigenvalue weighted by Gasteiger charge is -2.33. The highest BCUT2D eigenvalue weighted by atomic mass is 16.5. The van der Waals surface area contributed by atoms with Gasteiger partial charge in [-0.05, 0) is 86.0 Å². The van der Waals surface area contributed by atoms with Gasteiger partial charge >= 0.3 is 0 Å².